The molecule has 1 amide bonds. The van der Waals surface area contributed by atoms with Gasteiger partial charge in [0.1, 0.15) is 5.69 Å². The Hall–Kier alpha value is -2.19. The van der Waals surface area contributed by atoms with Crippen molar-refractivity contribution < 1.29 is 9.53 Å². The van der Waals surface area contributed by atoms with Gasteiger partial charge < -0.3 is 14.6 Å². The monoisotopic (exact) mass is 332 g/mol. The normalized spacial score (nSPS) is 21.8. The number of hydrogen-bond donors (Lipinski definition) is 1. The number of aryl methyl sites for hydroxylation is 2. The number of nitrogens with zero attached hydrogens (tertiary/aromatic N) is 5. The van der Waals surface area contributed by atoms with Crippen LogP contribution in [0.5, 0.6) is 0 Å². The Balaban J connectivity index is 1.72. The van der Waals surface area contributed by atoms with Crippen molar-refractivity contribution >= 4 is 5.91 Å². The minimum atomic E-state index is -0.184. The number of morpholine rings is 1. The molecule has 1 aliphatic rings. The summed E-state index contributed by atoms with van der Waals surface area (Å²) in [6.45, 7) is 5.02. The minimum Gasteiger partial charge on any atom is -0.373 e. The molecule has 1 aliphatic heterocycles. The van der Waals surface area contributed by atoms with E-state index >= 15 is 0 Å². The number of amides is 1. The average molecular weight is 332 g/mol. The molecule has 0 aliphatic carbocycles. The molecule has 1 fully saturated rings. The van der Waals surface area contributed by atoms with Gasteiger partial charge in [-0.1, -0.05) is 6.92 Å². The Bertz CT molecular complexity index is 694. The molecule has 130 valence electrons. The third kappa shape index (κ3) is 3.34. The van der Waals surface area contributed by atoms with Crippen LogP contribution in [0.25, 0.3) is 0 Å². The first-order valence-corrected chi connectivity index (χ1v) is 8.20. The fourth-order valence-corrected chi connectivity index (χ4v) is 3.18. The summed E-state index contributed by atoms with van der Waals surface area (Å²) in [5.41, 5.74) is 1.51. The number of carbonyl (C=O) groups is 1. The van der Waals surface area contributed by atoms with Gasteiger partial charge in [0.05, 0.1) is 30.8 Å². The number of carbonyl (C=O) groups excluding carboxylic acids is 1. The fraction of sp³-hybridized carbons (Fsp3) is 0.562. The molecular formula is C16H24N6O2. The lowest BCUT2D eigenvalue weighted by atomic mass is 10.0. The van der Waals surface area contributed by atoms with E-state index in [1.807, 2.05) is 24.8 Å². The quantitative estimate of drug-likeness (QED) is 0.855. The Morgan fingerprint density at radius 1 is 1.46 bits per heavy atom. The number of aromatic nitrogens is 4. The van der Waals surface area contributed by atoms with Gasteiger partial charge in [-0.15, -0.1) is 0 Å². The second-order valence-electron chi connectivity index (χ2n) is 6.00. The van der Waals surface area contributed by atoms with Crippen molar-refractivity contribution in [1.29, 1.82) is 0 Å². The fourth-order valence-electron chi connectivity index (χ4n) is 3.18. The lowest BCUT2D eigenvalue weighted by molar-refractivity contribution is -0.0709. The Morgan fingerprint density at radius 2 is 2.29 bits per heavy atom. The summed E-state index contributed by atoms with van der Waals surface area (Å²) in [6, 6.07) is 2.08. The molecule has 0 radical (unpaired) electrons. The van der Waals surface area contributed by atoms with Crippen LogP contribution in [0, 0.1) is 0 Å². The van der Waals surface area contributed by atoms with Crippen LogP contribution in [0.15, 0.2) is 24.8 Å². The van der Waals surface area contributed by atoms with Crippen LogP contribution in [0.2, 0.25) is 0 Å². The Labute approximate surface area is 141 Å². The highest BCUT2D eigenvalue weighted by Crippen LogP contribution is 2.28. The van der Waals surface area contributed by atoms with E-state index in [2.05, 4.69) is 27.2 Å². The molecule has 2 atom stereocenters. The summed E-state index contributed by atoms with van der Waals surface area (Å²) < 4.78 is 9.59. The van der Waals surface area contributed by atoms with E-state index in [4.69, 9.17) is 4.74 Å². The number of likely N-dealkylation sites (N-methyl/N-ethyl adjacent to an activating group) is 1. The zero-order chi connectivity index (χ0) is 17.1. The van der Waals surface area contributed by atoms with Gasteiger partial charge in [-0.3, -0.25) is 14.4 Å². The van der Waals surface area contributed by atoms with E-state index in [9.17, 15) is 4.79 Å². The highest BCUT2D eigenvalue weighted by Gasteiger charge is 2.34. The summed E-state index contributed by atoms with van der Waals surface area (Å²) in [5.74, 6) is -0.184. The molecule has 24 heavy (non-hydrogen) atoms. The van der Waals surface area contributed by atoms with Crippen molar-refractivity contribution in [3.05, 3.63) is 36.2 Å². The first-order valence-electron chi connectivity index (χ1n) is 8.20. The van der Waals surface area contributed by atoms with Crippen molar-refractivity contribution in [2.24, 2.45) is 14.1 Å². The molecule has 1 N–H and O–H groups in total. The van der Waals surface area contributed by atoms with Gasteiger partial charge in [-0.05, 0) is 12.6 Å². The first kappa shape index (κ1) is 16.7. The van der Waals surface area contributed by atoms with E-state index in [-0.39, 0.29) is 18.1 Å². The summed E-state index contributed by atoms with van der Waals surface area (Å²) in [7, 11) is 3.77. The third-order valence-corrected chi connectivity index (χ3v) is 4.43. The summed E-state index contributed by atoms with van der Waals surface area (Å²) >= 11 is 0. The maximum atomic E-state index is 12.2. The van der Waals surface area contributed by atoms with E-state index in [1.54, 1.807) is 23.3 Å². The molecule has 0 saturated carbocycles. The Kier molecular flexibility index (Phi) is 4.96. The van der Waals surface area contributed by atoms with Crippen LogP contribution in [-0.4, -0.2) is 62.5 Å². The van der Waals surface area contributed by atoms with Crippen LogP contribution < -0.4 is 5.32 Å². The summed E-state index contributed by atoms with van der Waals surface area (Å²) in [6.07, 6.45) is 4.99. The molecule has 8 heteroatoms. The summed E-state index contributed by atoms with van der Waals surface area (Å²) in [5, 5.41) is 7.22. The number of hydrogen-bond acceptors (Lipinski definition) is 5. The largest absolute Gasteiger partial charge is 0.373 e. The van der Waals surface area contributed by atoms with Crippen LogP contribution in [0.1, 0.15) is 29.1 Å². The second-order valence-corrected chi connectivity index (χ2v) is 6.00. The highest BCUT2D eigenvalue weighted by atomic mass is 16.5. The molecule has 0 unspecified atom stereocenters. The van der Waals surface area contributed by atoms with Crippen LogP contribution in [0.3, 0.4) is 0 Å². The SMILES string of the molecule is CCN1CCO[C@@H](CNC(=O)c2cn(C)cn2)[C@@H]1c1ccnn1C. The lowest BCUT2D eigenvalue weighted by Gasteiger charge is -2.40. The van der Waals surface area contributed by atoms with Gasteiger partial charge in [0.2, 0.25) is 0 Å². The average Bonchev–Trinajstić information content (AvgIpc) is 3.20. The predicted molar refractivity (Wildman–Crippen MR) is 88.5 cm³/mol. The van der Waals surface area contributed by atoms with Gasteiger partial charge in [0, 0.05) is 39.6 Å². The molecule has 2 aromatic rings. The van der Waals surface area contributed by atoms with Crippen molar-refractivity contribution in [2.45, 2.75) is 19.1 Å². The van der Waals surface area contributed by atoms with Crippen molar-refractivity contribution in [2.75, 3.05) is 26.2 Å². The molecule has 1 saturated heterocycles. The van der Waals surface area contributed by atoms with Gasteiger partial charge in [-0.2, -0.15) is 5.10 Å². The van der Waals surface area contributed by atoms with Crippen molar-refractivity contribution in [3.8, 4) is 0 Å². The number of nitrogens with one attached hydrogen (secondary N) is 1. The molecule has 2 aromatic heterocycles. The number of ether oxygens (including phenoxy) is 1. The van der Waals surface area contributed by atoms with Crippen molar-refractivity contribution in [3.63, 3.8) is 0 Å². The zero-order valence-electron chi connectivity index (χ0n) is 14.3. The molecule has 3 heterocycles. The van der Waals surface area contributed by atoms with Crippen LogP contribution in [0.4, 0.5) is 0 Å². The topological polar surface area (TPSA) is 77.2 Å². The van der Waals surface area contributed by atoms with E-state index in [0.29, 0.717) is 18.8 Å². The predicted octanol–water partition coefficient (Wildman–Crippen LogP) is 0.345. The minimum absolute atomic E-state index is 0.0697. The first-order chi connectivity index (χ1) is 11.6. The highest BCUT2D eigenvalue weighted by molar-refractivity contribution is 5.92. The van der Waals surface area contributed by atoms with E-state index < -0.39 is 0 Å². The molecule has 8 nitrogen and oxygen atoms in total. The molecule has 0 spiro atoms. The molecular weight excluding hydrogens is 308 g/mol. The second kappa shape index (κ2) is 7.14. The maximum absolute atomic E-state index is 12.2. The molecule has 0 aromatic carbocycles. The van der Waals surface area contributed by atoms with Crippen LogP contribution >= 0.6 is 0 Å². The van der Waals surface area contributed by atoms with E-state index in [0.717, 1.165) is 18.8 Å². The molecule has 0 bridgehead atoms. The third-order valence-electron chi connectivity index (χ3n) is 4.43. The Morgan fingerprint density at radius 3 is 2.92 bits per heavy atom. The maximum Gasteiger partial charge on any atom is 0.271 e. The van der Waals surface area contributed by atoms with Gasteiger partial charge >= 0.3 is 0 Å². The van der Waals surface area contributed by atoms with Gasteiger partial charge in [-0.25, -0.2) is 4.98 Å². The van der Waals surface area contributed by atoms with Gasteiger partial charge in [0.25, 0.3) is 5.91 Å². The number of imidazole rings is 1. The smallest absolute Gasteiger partial charge is 0.271 e. The molecule has 3 rings (SSSR count). The zero-order valence-corrected chi connectivity index (χ0v) is 14.3. The van der Waals surface area contributed by atoms with E-state index in [1.165, 1.54) is 0 Å². The van der Waals surface area contributed by atoms with Crippen LogP contribution in [-0.2, 0) is 18.8 Å². The summed E-state index contributed by atoms with van der Waals surface area (Å²) in [4.78, 5) is 18.7. The van der Waals surface area contributed by atoms with Crippen molar-refractivity contribution in [1.82, 2.24) is 29.5 Å². The lowest BCUT2D eigenvalue weighted by Crippen LogP contribution is -2.50. The number of rotatable bonds is 5. The standard InChI is InChI=1S/C16H24N6O2/c1-4-22-7-8-24-14(15(22)13-5-6-19-21(13)3)9-17-16(23)12-10-20(2)11-18-12/h5-6,10-11,14-15H,4,7-9H2,1-3H3,(H,17,23)/t14-,15-/m0/s1. The van der Waals surface area contributed by atoms with Gasteiger partial charge in [0.15, 0.2) is 0 Å².